The minimum Gasteiger partial charge on any atom is -0.330 e. The lowest BCUT2D eigenvalue weighted by molar-refractivity contribution is 0.589. The summed E-state index contributed by atoms with van der Waals surface area (Å²) in [6.07, 6.45) is 1.11. The zero-order valence-electron chi connectivity index (χ0n) is 10.6. The molecule has 84 valence electrons. The zero-order valence-corrected chi connectivity index (χ0v) is 10.6. The standard InChI is InChI=1S/C14H23N/c1-9(8-15)6-14-12(4)10(2)7-11(3)13(14)5/h7,9H,6,8,15H2,1-5H3. The molecule has 0 aliphatic heterocycles. The van der Waals surface area contributed by atoms with Gasteiger partial charge in [0.25, 0.3) is 0 Å². The molecule has 0 aliphatic rings. The van der Waals surface area contributed by atoms with Gasteiger partial charge in [0, 0.05) is 0 Å². The molecule has 1 unspecified atom stereocenters. The Morgan fingerprint density at radius 3 is 1.93 bits per heavy atom. The van der Waals surface area contributed by atoms with E-state index in [0.29, 0.717) is 5.92 Å². The molecule has 1 aromatic carbocycles. The summed E-state index contributed by atoms with van der Waals surface area (Å²) in [6.45, 7) is 11.8. The summed E-state index contributed by atoms with van der Waals surface area (Å²) in [6, 6.07) is 2.28. The highest BCUT2D eigenvalue weighted by Gasteiger charge is 2.10. The molecule has 0 bridgehead atoms. The van der Waals surface area contributed by atoms with Crippen LogP contribution in [0.1, 0.15) is 34.7 Å². The maximum atomic E-state index is 5.70. The van der Waals surface area contributed by atoms with Gasteiger partial charge >= 0.3 is 0 Å². The first-order chi connectivity index (χ1) is 6.97. The first-order valence-corrected chi connectivity index (χ1v) is 5.73. The predicted octanol–water partition coefficient (Wildman–Crippen LogP) is 3.06. The van der Waals surface area contributed by atoms with Crippen LogP contribution in [0.15, 0.2) is 6.07 Å². The van der Waals surface area contributed by atoms with Gasteiger partial charge in [-0.3, -0.25) is 0 Å². The van der Waals surface area contributed by atoms with E-state index in [2.05, 4.69) is 40.7 Å². The third-order valence-corrected chi connectivity index (χ3v) is 3.48. The SMILES string of the molecule is Cc1cc(C)c(C)c(CC(C)CN)c1C. The monoisotopic (exact) mass is 205 g/mol. The molecular weight excluding hydrogens is 182 g/mol. The molecule has 0 aliphatic carbocycles. The van der Waals surface area contributed by atoms with Gasteiger partial charge in [-0.2, -0.15) is 0 Å². The quantitative estimate of drug-likeness (QED) is 0.806. The average Bonchev–Trinajstić information content (AvgIpc) is 2.21. The molecule has 15 heavy (non-hydrogen) atoms. The van der Waals surface area contributed by atoms with E-state index in [1.807, 2.05) is 0 Å². The Kier molecular flexibility index (Phi) is 3.92. The topological polar surface area (TPSA) is 26.0 Å². The van der Waals surface area contributed by atoms with Crippen LogP contribution in [-0.2, 0) is 6.42 Å². The van der Waals surface area contributed by atoms with Crippen LogP contribution in [-0.4, -0.2) is 6.54 Å². The molecule has 2 N–H and O–H groups in total. The Bertz CT molecular complexity index is 327. The molecule has 1 atom stereocenters. The normalized spacial score (nSPS) is 12.9. The highest BCUT2D eigenvalue weighted by molar-refractivity contribution is 5.44. The van der Waals surface area contributed by atoms with Gasteiger partial charge in [0.1, 0.15) is 0 Å². The fraction of sp³-hybridized carbons (Fsp3) is 0.571. The molecule has 0 spiro atoms. The van der Waals surface area contributed by atoms with Gasteiger partial charge in [0.05, 0.1) is 0 Å². The number of hydrogen-bond donors (Lipinski definition) is 1. The Balaban J connectivity index is 3.15. The third kappa shape index (κ3) is 2.60. The summed E-state index contributed by atoms with van der Waals surface area (Å²) in [5, 5.41) is 0. The Morgan fingerprint density at radius 2 is 1.53 bits per heavy atom. The minimum absolute atomic E-state index is 0.573. The number of hydrogen-bond acceptors (Lipinski definition) is 1. The van der Waals surface area contributed by atoms with Crippen LogP contribution in [0.4, 0.5) is 0 Å². The van der Waals surface area contributed by atoms with E-state index < -0.39 is 0 Å². The Labute approximate surface area is 93.7 Å². The van der Waals surface area contributed by atoms with Crippen LogP contribution >= 0.6 is 0 Å². The second-order valence-corrected chi connectivity index (χ2v) is 4.78. The number of rotatable bonds is 3. The number of aryl methyl sites for hydroxylation is 2. The van der Waals surface area contributed by atoms with E-state index in [0.717, 1.165) is 13.0 Å². The van der Waals surface area contributed by atoms with Crippen molar-refractivity contribution < 1.29 is 0 Å². The highest BCUT2D eigenvalue weighted by Crippen LogP contribution is 2.23. The Hall–Kier alpha value is -0.820. The summed E-state index contributed by atoms with van der Waals surface area (Å²) >= 11 is 0. The average molecular weight is 205 g/mol. The first kappa shape index (κ1) is 12.3. The molecule has 1 heteroatoms. The van der Waals surface area contributed by atoms with Crippen molar-refractivity contribution in [2.24, 2.45) is 11.7 Å². The smallest absolute Gasteiger partial charge is 0.00483 e. The molecule has 0 fully saturated rings. The summed E-state index contributed by atoms with van der Waals surface area (Å²) in [5.41, 5.74) is 12.9. The van der Waals surface area contributed by atoms with Crippen LogP contribution in [0.25, 0.3) is 0 Å². The van der Waals surface area contributed by atoms with Crippen molar-refractivity contribution in [3.63, 3.8) is 0 Å². The number of benzene rings is 1. The lowest BCUT2D eigenvalue weighted by atomic mass is 9.89. The van der Waals surface area contributed by atoms with Crippen LogP contribution in [0.3, 0.4) is 0 Å². The summed E-state index contributed by atoms with van der Waals surface area (Å²) < 4.78 is 0. The van der Waals surface area contributed by atoms with Crippen molar-refractivity contribution in [3.8, 4) is 0 Å². The second kappa shape index (κ2) is 4.80. The number of nitrogens with two attached hydrogens (primary N) is 1. The first-order valence-electron chi connectivity index (χ1n) is 5.73. The third-order valence-electron chi connectivity index (χ3n) is 3.48. The maximum absolute atomic E-state index is 5.70. The lowest BCUT2D eigenvalue weighted by Crippen LogP contribution is -2.15. The van der Waals surface area contributed by atoms with Crippen LogP contribution in [0.2, 0.25) is 0 Å². The molecule has 0 heterocycles. The molecule has 0 radical (unpaired) electrons. The van der Waals surface area contributed by atoms with Gasteiger partial charge < -0.3 is 5.73 Å². The molecule has 0 aromatic heterocycles. The van der Waals surface area contributed by atoms with E-state index >= 15 is 0 Å². The maximum Gasteiger partial charge on any atom is -0.00483 e. The van der Waals surface area contributed by atoms with Gasteiger partial charge in [-0.05, 0) is 74.4 Å². The molecule has 1 nitrogen and oxygen atoms in total. The van der Waals surface area contributed by atoms with Crippen LogP contribution in [0.5, 0.6) is 0 Å². The van der Waals surface area contributed by atoms with E-state index in [4.69, 9.17) is 5.73 Å². The van der Waals surface area contributed by atoms with Crippen molar-refractivity contribution in [2.75, 3.05) is 6.54 Å². The van der Waals surface area contributed by atoms with Crippen LogP contribution < -0.4 is 5.73 Å². The lowest BCUT2D eigenvalue weighted by Gasteiger charge is -2.18. The summed E-state index contributed by atoms with van der Waals surface area (Å²) in [5.74, 6) is 0.573. The van der Waals surface area contributed by atoms with Crippen LogP contribution in [0, 0.1) is 33.6 Å². The molecule has 0 saturated heterocycles. The summed E-state index contributed by atoms with van der Waals surface area (Å²) in [7, 11) is 0. The van der Waals surface area contributed by atoms with Gasteiger partial charge in [0.15, 0.2) is 0 Å². The van der Waals surface area contributed by atoms with E-state index in [9.17, 15) is 0 Å². The van der Waals surface area contributed by atoms with E-state index in [1.165, 1.54) is 27.8 Å². The van der Waals surface area contributed by atoms with Crippen molar-refractivity contribution in [2.45, 2.75) is 41.0 Å². The van der Waals surface area contributed by atoms with Gasteiger partial charge in [-0.1, -0.05) is 13.0 Å². The predicted molar refractivity (Wildman–Crippen MR) is 67.3 cm³/mol. The largest absolute Gasteiger partial charge is 0.330 e. The molecule has 1 rings (SSSR count). The van der Waals surface area contributed by atoms with E-state index in [1.54, 1.807) is 0 Å². The van der Waals surface area contributed by atoms with Gasteiger partial charge in [-0.25, -0.2) is 0 Å². The zero-order chi connectivity index (χ0) is 11.6. The fourth-order valence-electron chi connectivity index (χ4n) is 2.04. The van der Waals surface area contributed by atoms with Crippen molar-refractivity contribution in [3.05, 3.63) is 33.9 Å². The van der Waals surface area contributed by atoms with Gasteiger partial charge in [-0.15, -0.1) is 0 Å². The molecule has 0 saturated carbocycles. The Morgan fingerprint density at radius 1 is 1.07 bits per heavy atom. The fourth-order valence-corrected chi connectivity index (χ4v) is 2.04. The molecular formula is C14H23N. The summed E-state index contributed by atoms with van der Waals surface area (Å²) in [4.78, 5) is 0. The highest BCUT2D eigenvalue weighted by atomic mass is 14.5. The van der Waals surface area contributed by atoms with Crippen molar-refractivity contribution >= 4 is 0 Å². The second-order valence-electron chi connectivity index (χ2n) is 4.78. The van der Waals surface area contributed by atoms with Gasteiger partial charge in [0.2, 0.25) is 0 Å². The molecule has 1 aromatic rings. The van der Waals surface area contributed by atoms with Crippen molar-refractivity contribution in [1.29, 1.82) is 0 Å². The molecule has 0 amide bonds. The minimum atomic E-state index is 0.573. The van der Waals surface area contributed by atoms with E-state index in [-0.39, 0.29) is 0 Å². The van der Waals surface area contributed by atoms with Crippen molar-refractivity contribution in [1.82, 2.24) is 0 Å².